The quantitative estimate of drug-likeness (QED) is 0.819. The standard InChI is InChI=1S/C20H24N2O5/c1-12-17(19(23)25-10-13-5-3-2-4-6-13)18(22-20(24)21-12)14-7-8-15-16(9-14)27-11-26-15/h7-9,13,17-18H,2-6,10-11H2,1H3,(H,22,24). The smallest absolute Gasteiger partial charge is 0.341 e. The molecule has 2 atom stereocenters. The molecule has 144 valence electrons. The molecule has 1 aromatic rings. The van der Waals surface area contributed by atoms with Crippen molar-refractivity contribution in [1.82, 2.24) is 5.32 Å². The number of nitrogens with zero attached hydrogens (tertiary/aromatic N) is 1. The summed E-state index contributed by atoms with van der Waals surface area (Å²) >= 11 is 0. The van der Waals surface area contributed by atoms with Crippen LogP contribution < -0.4 is 14.8 Å². The lowest BCUT2D eigenvalue weighted by atomic mass is 9.87. The number of carbonyl (C=O) groups is 2. The average molecular weight is 372 g/mol. The first-order valence-electron chi connectivity index (χ1n) is 9.53. The van der Waals surface area contributed by atoms with E-state index in [1.165, 1.54) is 19.3 Å². The van der Waals surface area contributed by atoms with Gasteiger partial charge in [0.1, 0.15) is 5.92 Å². The predicted molar refractivity (Wildman–Crippen MR) is 98.0 cm³/mol. The maximum atomic E-state index is 12.9. The lowest BCUT2D eigenvalue weighted by molar-refractivity contribution is -0.148. The molecule has 4 rings (SSSR count). The van der Waals surface area contributed by atoms with Crippen molar-refractivity contribution in [3.8, 4) is 11.5 Å². The molecule has 0 radical (unpaired) electrons. The van der Waals surface area contributed by atoms with E-state index >= 15 is 0 Å². The number of amides is 2. The molecule has 0 aromatic heterocycles. The third-order valence-electron chi connectivity index (χ3n) is 5.54. The van der Waals surface area contributed by atoms with Crippen molar-refractivity contribution in [1.29, 1.82) is 0 Å². The highest BCUT2D eigenvalue weighted by atomic mass is 16.7. The molecule has 3 aliphatic rings. The first kappa shape index (κ1) is 17.8. The van der Waals surface area contributed by atoms with Crippen LogP contribution in [0.1, 0.15) is 50.6 Å². The third-order valence-corrected chi connectivity index (χ3v) is 5.54. The van der Waals surface area contributed by atoms with E-state index in [9.17, 15) is 9.59 Å². The molecule has 0 bridgehead atoms. The number of rotatable bonds is 4. The van der Waals surface area contributed by atoms with Crippen LogP contribution in [0.5, 0.6) is 11.5 Å². The van der Waals surface area contributed by atoms with Crippen LogP contribution in [0, 0.1) is 11.8 Å². The normalized spacial score (nSPS) is 24.9. The minimum Gasteiger partial charge on any atom is -0.465 e. The lowest BCUT2D eigenvalue weighted by Gasteiger charge is -2.30. The summed E-state index contributed by atoms with van der Waals surface area (Å²) in [5.74, 6) is 0.706. The molecule has 7 heteroatoms. The van der Waals surface area contributed by atoms with Crippen LogP contribution in [-0.2, 0) is 9.53 Å². The first-order valence-corrected chi connectivity index (χ1v) is 9.53. The molecule has 2 amide bonds. The summed E-state index contributed by atoms with van der Waals surface area (Å²) in [7, 11) is 0. The molecule has 2 unspecified atom stereocenters. The molecule has 0 saturated heterocycles. The Hall–Kier alpha value is -2.57. The van der Waals surface area contributed by atoms with E-state index in [1.54, 1.807) is 19.1 Å². The highest BCUT2D eigenvalue weighted by molar-refractivity contribution is 6.08. The van der Waals surface area contributed by atoms with Crippen molar-refractivity contribution < 1.29 is 23.8 Å². The third kappa shape index (κ3) is 3.77. The van der Waals surface area contributed by atoms with E-state index in [0.717, 1.165) is 18.4 Å². The van der Waals surface area contributed by atoms with Crippen LogP contribution in [-0.4, -0.2) is 31.1 Å². The Kier molecular flexibility index (Phi) is 5.01. The number of nitrogens with one attached hydrogen (secondary N) is 1. The summed E-state index contributed by atoms with van der Waals surface area (Å²) < 4.78 is 16.4. The van der Waals surface area contributed by atoms with Gasteiger partial charge in [-0.25, -0.2) is 9.79 Å². The van der Waals surface area contributed by atoms with E-state index < -0.39 is 18.0 Å². The van der Waals surface area contributed by atoms with Crippen LogP contribution in [0.3, 0.4) is 0 Å². The summed E-state index contributed by atoms with van der Waals surface area (Å²) in [4.78, 5) is 28.8. The van der Waals surface area contributed by atoms with Gasteiger partial charge in [-0.05, 0) is 43.4 Å². The predicted octanol–water partition coefficient (Wildman–Crippen LogP) is 3.38. The molecule has 1 aliphatic carbocycles. The Labute approximate surface area is 158 Å². The van der Waals surface area contributed by atoms with Crippen LogP contribution in [0.4, 0.5) is 4.79 Å². The molecule has 2 heterocycles. The van der Waals surface area contributed by atoms with Gasteiger partial charge in [0.15, 0.2) is 11.5 Å². The highest BCUT2D eigenvalue weighted by Crippen LogP contribution is 2.37. The van der Waals surface area contributed by atoms with Gasteiger partial charge in [0, 0.05) is 5.71 Å². The van der Waals surface area contributed by atoms with E-state index in [1.807, 2.05) is 6.07 Å². The molecular formula is C20H24N2O5. The lowest BCUT2D eigenvalue weighted by Crippen LogP contribution is -2.44. The Bertz CT molecular complexity index is 770. The fraction of sp³-hybridized carbons (Fsp3) is 0.550. The van der Waals surface area contributed by atoms with Gasteiger partial charge in [0.05, 0.1) is 12.6 Å². The summed E-state index contributed by atoms with van der Waals surface area (Å²) in [5.41, 5.74) is 1.23. The zero-order valence-electron chi connectivity index (χ0n) is 15.4. The van der Waals surface area contributed by atoms with Gasteiger partial charge in [-0.1, -0.05) is 25.3 Å². The zero-order valence-corrected chi connectivity index (χ0v) is 15.4. The molecular weight excluding hydrogens is 348 g/mol. The fourth-order valence-electron chi connectivity index (χ4n) is 4.05. The Morgan fingerprint density at radius 1 is 1.22 bits per heavy atom. The Morgan fingerprint density at radius 2 is 2.00 bits per heavy atom. The number of ether oxygens (including phenoxy) is 3. The number of fused-ring (bicyclic) bond motifs is 1. The summed E-state index contributed by atoms with van der Waals surface area (Å²) in [6, 6.07) is 4.43. The number of aliphatic imine (C=N–C) groups is 1. The average Bonchev–Trinajstić information content (AvgIpc) is 3.14. The molecule has 1 saturated carbocycles. The molecule has 27 heavy (non-hydrogen) atoms. The minimum atomic E-state index is -0.647. The summed E-state index contributed by atoms with van der Waals surface area (Å²) in [5, 5.41) is 2.80. The minimum absolute atomic E-state index is 0.170. The highest BCUT2D eigenvalue weighted by Gasteiger charge is 2.38. The zero-order chi connectivity index (χ0) is 18.8. The second-order valence-corrected chi connectivity index (χ2v) is 7.40. The van der Waals surface area contributed by atoms with E-state index in [0.29, 0.717) is 29.7 Å². The number of carbonyl (C=O) groups excluding carboxylic acids is 2. The molecule has 1 aromatic carbocycles. The number of benzene rings is 1. The van der Waals surface area contributed by atoms with E-state index in [4.69, 9.17) is 14.2 Å². The number of esters is 1. The van der Waals surface area contributed by atoms with Gasteiger partial charge in [0.25, 0.3) is 0 Å². The second-order valence-electron chi connectivity index (χ2n) is 7.40. The maximum absolute atomic E-state index is 12.9. The monoisotopic (exact) mass is 372 g/mol. The molecule has 0 spiro atoms. The van der Waals surface area contributed by atoms with Crippen molar-refractivity contribution in [3.63, 3.8) is 0 Å². The molecule has 7 nitrogen and oxygen atoms in total. The molecule has 2 aliphatic heterocycles. The number of urea groups is 1. The topological polar surface area (TPSA) is 86.2 Å². The first-order chi connectivity index (χ1) is 13.1. The maximum Gasteiger partial charge on any atom is 0.341 e. The van der Waals surface area contributed by atoms with Crippen molar-refractivity contribution in [2.45, 2.75) is 45.1 Å². The largest absolute Gasteiger partial charge is 0.465 e. The molecule has 1 N–H and O–H groups in total. The van der Waals surface area contributed by atoms with Gasteiger partial charge in [-0.2, -0.15) is 0 Å². The van der Waals surface area contributed by atoms with Crippen molar-refractivity contribution in [2.24, 2.45) is 16.8 Å². The Balaban J connectivity index is 1.52. The van der Waals surface area contributed by atoms with Gasteiger partial charge < -0.3 is 19.5 Å². The SMILES string of the molecule is CC1=NC(=O)NC(c2ccc3c(c2)OCO3)C1C(=O)OCC1CCCCC1. The van der Waals surface area contributed by atoms with Crippen molar-refractivity contribution in [2.75, 3.05) is 13.4 Å². The van der Waals surface area contributed by atoms with Gasteiger partial charge in [-0.3, -0.25) is 4.79 Å². The van der Waals surface area contributed by atoms with Crippen LogP contribution >= 0.6 is 0 Å². The number of hydrogen-bond donors (Lipinski definition) is 1. The van der Waals surface area contributed by atoms with Crippen molar-refractivity contribution >= 4 is 17.7 Å². The summed E-state index contributed by atoms with van der Waals surface area (Å²) in [6.07, 6.45) is 5.86. The Morgan fingerprint density at radius 3 is 2.81 bits per heavy atom. The summed E-state index contributed by atoms with van der Waals surface area (Å²) in [6.45, 7) is 2.30. The van der Waals surface area contributed by atoms with E-state index in [-0.39, 0.29) is 12.8 Å². The second kappa shape index (κ2) is 7.58. The van der Waals surface area contributed by atoms with Gasteiger partial charge >= 0.3 is 12.0 Å². The van der Waals surface area contributed by atoms with Crippen molar-refractivity contribution in [3.05, 3.63) is 23.8 Å². The number of hydrogen-bond acceptors (Lipinski definition) is 5. The van der Waals surface area contributed by atoms with Gasteiger partial charge in [0.2, 0.25) is 6.79 Å². The molecule has 1 fully saturated rings. The van der Waals surface area contributed by atoms with Crippen LogP contribution in [0.25, 0.3) is 0 Å². The van der Waals surface area contributed by atoms with Gasteiger partial charge in [-0.15, -0.1) is 0 Å². The van der Waals surface area contributed by atoms with Crippen LogP contribution in [0.2, 0.25) is 0 Å². The fourth-order valence-corrected chi connectivity index (χ4v) is 4.05. The van der Waals surface area contributed by atoms with Crippen LogP contribution in [0.15, 0.2) is 23.2 Å². The van der Waals surface area contributed by atoms with E-state index in [2.05, 4.69) is 10.3 Å².